The quantitative estimate of drug-likeness (QED) is 0.333. The smallest absolute Gasteiger partial charge is 0.314 e. The highest BCUT2D eigenvalue weighted by atomic mass is 35.5. The summed E-state index contributed by atoms with van der Waals surface area (Å²) >= 11 is 18.7. The molecule has 3 aliphatic rings. The van der Waals surface area contributed by atoms with E-state index in [4.69, 9.17) is 44.9 Å². The molecule has 2 aromatic rings. The van der Waals surface area contributed by atoms with E-state index < -0.39 is 5.72 Å². The van der Waals surface area contributed by atoms with Crippen LogP contribution < -0.4 is 20.1 Å². The zero-order valence-corrected chi connectivity index (χ0v) is 20.2. The largest absolute Gasteiger partial charge is 0.468 e. The lowest BCUT2D eigenvalue weighted by Gasteiger charge is -2.50. The molecule has 0 radical (unpaired) electrons. The van der Waals surface area contributed by atoms with Crippen molar-refractivity contribution < 1.29 is 14.3 Å². The van der Waals surface area contributed by atoms with Gasteiger partial charge >= 0.3 is 5.97 Å². The van der Waals surface area contributed by atoms with Crippen LogP contribution in [0.5, 0.6) is 11.5 Å². The number of ether oxygens (including phenoxy) is 2. The van der Waals surface area contributed by atoms with Gasteiger partial charge in [0.25, 0.3) is 0 Å². The molecule has 2 fully saturated rings. The molecule has 1 saturated carbocycles. The molecule has 8 heteroatoms. The Morgan fingerprint density at radius 2 is 1.88 bits per heavy atom. The summed E-state index contributed by atoms with van der Waals surface area (Å²) in [5.41, 5.74) is 0.886. The molecule has 5 nitrogen and oxygen atoms in total. The van der Waals surface area contributed by atoms with Crippen LogP contribution in [0.4, 0.5) is 0 Å². The van der Waals surface area contributed by atoms with E-state index in [9.17, 15) is 4.79 Å². The molecule has 0 bridgehead atoms. The number of esters is 1. The van der Waals surface area contributed by atoms with Gasteiger partial charge in [-0.25, -0.2) is 0 Å². The maximum absolute atomic E-state index is 12.3. The van der Waals surface area contributed by atoms with Gasteiger partial charge in [-0.2, -0.15) is 0 Å². The van der Waals surface area contributed by atoms with E-state index in [1.54, 1.807) is 6.07 Å². The Balaban J connectivity index is 1.60. The molecule has 0 amide bonds. The van der Waals surface area contributed by atoms with Crippen molar-refractivity contribution in [1.29, 1.82) is 0 Å². The second kappa shape index (κ2) is 7.79. The van der Waals surface area contributed by atoms with Crippen LogP contribution in [0.15, 0.2) is 36.4 Å². The fourth-order valence-corrected chi connectivity index (χ4v) is 5.70. The maximum Gasteiger partial charge on any atom is 0.314 e. The van der Waals surface area contributed by atoms with E-state index in [0.29, 0.717) is 39.5 Å². The van der Waals surface area contributed by atoms with Gasteiger partial charge in [-0.15, -0.1) is 0 Å². The maximum atomic E-state index is 12.3. The van der Waals surface area contributed by atoms with Gasteiger partial charge < -0.3 is 20.1 Å². The van der Waals surface area contributed by atoms with E-state index >= 15 is 0 Å². The first-order valence-corrected chi connectivity index (χ1v) is 11.9. The van der Waals surface area contributed by atoms with Crippen LogP contribution in [-0.4, -0.2) is 22.3 Å². The van der Waals surface area contributed by atoms with E-state index in [1.165, 1.54) is 0 Å². The Hall–Kier alpha value is -2.02. The Labute approximate surface area is 202 Å². The standard InChI is InChI=1S/C24H24Cl2N2O3S/c1-23(2)12-24(28-22(32)27-23)11-16(14-5-3-4-6-17(14)25)15-9-18(26)20(10-19(15)31-24)30-21(29)13-7-8-13/h3-6,9-10,13,16H,7-8,11-12H2,1-2H3,(H2,27,28,32)/t16-,24+/m1/s1. The molecule has 2 N–H and O–H groups in total. The normalized spacial score (nSPS) is 25.9. The minimum absolute atomic E-state index is 0.0329. The third-order valence-corrected chi connectivity index (χ3v) is 7.05. The van der Waals surface area contributed by atoms with E-state index in [1.807, 2.05) is 30.3 Å². The van der Waals surface area contributed by atoms with Crippen LogP contribution in [0.2, 0.25) is 10.0 Å². The Morgan fingerprint density at radius 1 is 1.12 bits per heavy atom. The molecule has 5 rings (SSSR count). The number of benzene rings is 2. The predicted molar refractivity (Wildman–Crippen MR) is 129 cm³/mol. The number of fused-ring (bicyclic) bond motifs is 1. The zero-order valence-electron chi connectivity index (χ0n) is 17.8. The van der Waals surface area contributed by atoms with Crippen molar-refractivity contribution in [2.24, 2.45) is 5.92 Å². The number of nitrogens with one attached hydrogen (secondary N) is 2. The van der Waals surface area contributed by atoms with E-state index in [2.05, 4.69) is 24.5 Å². The minimum Gasteiger partial charge on any atom is -0.468 e. The molecule has 1 aliphatic carbocycles. The van der Waals surface area contributed by atoms with Crippen molar-refractivity contribution in [3.8, 4) is 11.5 Å². The first-order chi connectivity index (χ1) is 15.1. The Bertz CT molecular complexity index is 1120. The van der Waals surface area contributed by atoms with Gasteiger partial charge in [-0.3, -0.25) is 4.79 Å². The van der Waals surface area contributed by atoms with Gasteiger partial charge in [0.1, 0.15) is 5.75 Å². The van der Waals surface area contributed by atoms with Crippen LogP contribution in [-0.2, 0) is 4.79 Å². The number of carbonyl (C=O) groups is 1. The van der Waals surface area contributed by atoms with Crippen molar-refractivity contribution in [1.82, 2.24) is 10.6 Å². The Kier molecular flexibility index (Phi) is 5.31. The van der Waals surface area contributed by atoms with Crippen LogP contribution in [0.3, 0.4) is 0 Å². The molecular formula is C24H24Cl2N2O3S. The lowest BCUT2D eigenvalue weighted by molar-refractivity contribution is -0.135. The molecular weight excluding hydrogens is 467 g/mol. The second-order valence-corrected chi connectivity index (χ2v) is 10.8. The molecule has 32 heavy (non-hydrogen) atoms. The number of hydrogen-bond acceptors (Lipinski definition) is 4. The summed E-state index contributed by atoms with van der Waals surface area (Å²) in [7, 11) is 0. The van der Waals surface area contributed by atoms with Crippen LogP contribution >= 0.6 is 35.4 Å². The molecule has 168 valence electrons. The highest BCUT2D eigenvalue weighted by Crippen LogP contribution is 2.50. The van der Waals surface area contributed by atoms with E-state index in [-0.39, 0.29) is 23.3 Å². The highest BCUT2D eigenvalue weighted by Gasteiger charge is 2.49. The number of thiocarbonyl (C=S) groups is 1. The molecule has 1 saturated heterocycles. The van der Waals surface area contributed by atoms with Crippen LogP contribution in [0.25, 0.3) is 0 Å². The first-order valence-electron chi connectivity index (χ1n) is 10.7. The van der Waals surface area contributed by atoms with Gasteiger partial charge in [0.15, 0.2) is 16.6 Å². The number of carbonyl (C=O) groups excluding carboxylic acids is 1. The van der Waals surface area contributed by atoms with Crippen molar-refractivity contribution >= 4 is 46.5 Å². The number of hydrogen-bond donors (Lipinski definition) is 2. The van der Waals surface area contributed by atoms with Gasteiger partial charge in [-0.05, 0) is 56.6 Å². The summed E-state index contributed by atoms with van der Waals surface area (Å²) < 4.78 is 12.2. The molecule has 1 spiro atoms. The summed E-state index contributed by atoms with van der Waals surface area (Å²) in [6, 6.07) is 11.4. The van der Waals surface area contributed by atoms with Crippen molar-refractivity contribution in [2.45, 2.75) is 56.7 Å². The van der Waals surface area contributed by atoms with Crippen LogP contribution in [0, 0.1) is 5.92 Å². The zero-order chi connectivity index (χ0) is 22.7. The summed E-state index contributed by atoms with van der Waals surface area (Å²) in [6.45, 7) is 4.19. The molecule has 2 atom stereocenters. The molecule has 0 unspecified atom stereocenters. The molecule has 2 heterocycles. The summed E-state index contributed by atoms with van der Waals surface area (Å²) in [5.74, 6) is 0.560. The minimum atomic E-state index is -0.742. The molecule has 2 aliphatic heterocycles. The fourth-order valence-electron chi connectivity index (χ4n) is 4.76. The van der Waals surface area contributed by atoms with Crippen molar-refractivity contribution in [3.05, 3.63) is 57.6 Å². The summed E-state index contributed by atoms with van der Waals surface area (Å²) in [5, 5.41) is 8.27. The van der Waals surface area contributed by atoms with Gasteiger partial charge in [-0.1, -0.05) is 41.4 Å². The number of halogens is 2. The monoisotopic (exact) mass is 490 g/mol. The lowest BCUT2D eigenvalue weighted by Crippen LogP contribution is -2.69. The molecule has 0 aromatic heterocycles. The third kappa shape index (κ3) is 4.16. The molecule has 2 aromatic carbocycles. The summed E-state index contributed by atoms with van der Waals surface area (Å²) in [4.78, 5) is 12.3. The van der Waals surface area contributed by atoms with Gasteiger partial charge in [0.05, 0.1) is 10.9 Å². The second-order valence-electron chi connectivity index (χ2n) is 9.53. The van der Waals surface area contributed by atoms with E-state index in [0.717, 1.165) is 24.0 Å². The Morgan fingerprint density at radius 3 is 2.56 bits per heavy atom. The summed E-state index contributed by atoms with van der Waals surface area (Å²) in [6.07, 6.45) is 3.00. The highest BCUT2D eigenvalue weighted by molar-refractivity contribution is 7.80. The lowest BCUT2D eigenvalue weighted by atomic mass is 9.77. The number of rotatable bonds is 3. The topological polar surface area (TPSA) is 59.6 Å². The predicted octanol–water partition coefficient (Wildman–Crippen LogP) is 5.57. The van der Waals surface area contributed by atoms with Gasteiger partial charge in [0.2, 0.25) is 0 Å². The van der Waals surface area contributed by atoms with Crippen molar-refractivity contribution in [2.75, 3.05) is 0 Å². The SMILES string of the molecule is CC1(C)C[C@@]2(C[C@H](c3ccccc3Cl)c3cc(Cl)c(OC(=O)C4CC4)cc3O2)NC(=S)N1. The average Bonchev–Trinajstić information content (AvgIpc) is 3.52. The first kappa shape index (κ1) is 21.8. The van der Waals surface area contributed by atoms with Gasteiger partial charge in [0, 0.05) is 41.0 Å². The fraction of sp³-hybridized carbons (Fsp3) is 0.417. The van der Waals surface area contributed by atoms with Crippen molar-refractivity contribution in [3.63, 3.8) is 0 Å². The third-order valence-electron chi connectivity index (χ3n) is 6.20. The van der Waals surface area contributed by atoms with Crippen LogP contribution in [0.1, 0.15) is 56.6 Å². The average molecular weight is 491 g/mol.